The molecule has 0 radical (unpaired) electrons. The number of carbonyl (C=O) groups is 2. The maximum Gasteiger partial charge on any atom is 0.313 e. The van der Waals surface area contributed by atoms with Crippen molar-refractivity contribution in [2.75, 3.05) is 26.1 Å². The van der Waals surface area contributed by atoms with Crippen LogP contribution in [0.4, 0.5) is 5.69 Å². The van der Waals surface area contributed by atoms with Gasteiger partial charge in [-0.25, -0.2) is 0 Å². The van der Waals surface area contributed by atoms with Crippen molar-refractivity contribution in [2.45, 2.75) is 13.0 Å². The maximum atomic E-state index is 12.4. The second kappa shape index (κ2) is 7.25. The molecule has 6 heteroatoms. The lowest BCUT2D eigenvalue weighted by atomic mass is 9.98. The van der Waals surface area contributed by atoms with E-state index in [1.807, 2.05) is 18.2 Å². The Labute approximate surface area is 146 Å². The molecule has 2 aromatic rings. The molecule has 0 fully saturated rings. The zero-order chi connectivity index (χ0) is 17.8. The molecule has 2 amide bonds. The summed E-state index contributed by atoms with van der Waals surface area (Å²) in [7, 11) is 3.17. The van der Waals surface area contributed by atoms with Crippen LogP contribution in [-0.4, -0.2) is 37.5 Å². The van der Waals surface area contributed by atoms with E-state index in [1.54, 1.807) is 43.4 Å². The Morgan fingerprint density at radius 1 is 1.00 bits per heavy atom. The molecule has 0 bridgehead atoms. The van der Waals surface area contributed by atoms with Gasteiger partial charge in [-0.1, -0.05) is 18.2 Å². The van der Waals surface area contributed by atoms with Gasteiger partial charge in [0.2, 0.25) is 0 Å². The molecule has 6 nitrogen and oxygen atoms in total. The maximum absolute atomic E-state index is 12.4. The molecule has 0 atom stereocenters. The molecular formula is C19H20N2O4. The van der Waals surface area contributed by atoms with Crippen molar-refractivity contribution in [3.8, 4) is 11.5 Å². The van der Waals surface area contributed by atoms with Gasteiger partial charge in [-0.15, -0.1) is 0 Å². The molecule has 0 saturated heterocycles. The van der Waals surface area contributed by atoms with Gasteiger partial charge in [-0.3, -0.25) is 9.59 Å². The standard InChI is InChI=1S/C19H20N2O4/c1-24-16-10-13-8-9-21(12-14(13)11-17(16)25-2)19(23)18(22)20-15-6-4-3-5-7-15/h3-7,10-11H,8-9,12H2,1-2H3,(H,20,22). The lowest BCUT2D eigenvalue weighted by Crippen LogP contribution is -2.42. The number of ether oxygens (including phenoxy) is 2. The number of carbonyl (C=O) groups excluding carboxylic acids is 2. The Kier molecular flexibility index (Phi) is 4.88. The van der Waals surface area contributed by atoms with Gasteiger partial charge in [0.05, 0.1) is 14.2 Å². The van der Waals surface area contributed by atoms with Crippen LogP contribution in [0.25, 0.3) is 0 Å². The minimum Gasteiger partial charge on any atom is -0.493 e. The summed E-state index contributed by atoms with van der Waals surface area (Å²) in [6.45, 7) is 0.861. The number of methoxy groups -OCH3 is 2. The number of hydrogen-bond acceptors (Lipinski definition) is 4. The first kappa shape index (κ1) is 16.8. The highest BCUT2D eigenvalue weighted by Gasteiger charge is 2.27. The normalized spacial score (nSPS) is 13.0. The third kappa shape index (κ3) is 3.57. The van der Waals surface area contributed by atoms with Gasteiger partial charge in [0, 0.05) is 18.8 Å². The van der Waals surface area contributed by atoms with Crippen LogP contribution in [-0.2, 0) is 22.6 Å². The lowest BCUT2D eigenvalue weighted by molar-refractivity contribution is -0.143. The van der Waals surface area contributed by atoms with Gasteiger partial charge < -0.3 is 19.7 Å². The summed E-state index contributed by atoms with van der Waals surface area (Å²) in [4.78, 5) is 26.2. The monoisotopic (exact) mass is 340 g/mol. The molecule has 0 saturated carbocycles. The molecule has 3 rings (SSSR count). The van der Waals surface area contributed by atoms with Gasteiger partial charge in [0.1, 0.15) is 0 Å². The summed E-state index contributed by atoms with van der Waals surface area (Å²) in [5, 5.41) is 2.63. The average Bonchev–Trinajstić information content (AvgIpc) is 2.66. The Bertz CT molecular complexity index is 790. The fraction of sp³-hybridized carbons (Fsp3) is 0.263. The molecule has 25 heavy (non-hydrogen) atoms. The number of nitrogens with zero attached hydrogens (tertiary/aromatic N) is 1. The van der Waals surface area contributed by atoms with Crippen molar-refractivity contribution >= 4 is 17.5 Å². The number of para-hydroxylation sites is 1. The molecule has 1 N–H and O–H groups in total. The van der Waals surface area contributed by atoms with Crippen molar-refractivity contribution in [1.29, 1.82) is 0 Å². The number of benzene rings is 2. The van der Waals surface area contributed by atoms with Crippen LogP contribution in [0.5, 0.6) is 11.5 Å². The van der Waals surface area contributed by atoms with Gasteiger partial charge in [-0.2, -0.15) is 0 Å². The van der Waals surface area contributed by atoms with E-state index >= 15 is 0 Å². The average molecular weight is 340 g/mol. The first-order valence-electron chi connectivity index (χ1n) is 8.01. The summed E-state index contributed by atoms with van der Waals surface area (Å²) in [5.41, 5.74) is 2.67. The Morgan fingerprint density at radius 3 is 2.28 bits per heavy atom. The van der Waals surface area contributed by atoms with Crippen LogP contribution in [0.1, 0.15) is 11.1 Å². The minimum absolute atomic E-state index is 0.372. The van der Waals surface area contributed by atoms with Gasteiger partial charge in [0.25, 0.3) is 0 Å². The van der Waals surface area contributed by atoms with Crippen molar-refractivity contribution in [3.63, 3.8) is 0 Å². The van der Waals surface area contributed by atoms with Crippen molar-refractivity contribution in [3.05, 3.63) is 53.6 Å². The quantitative estimate of drug-likeness (QED) is 0.870. The van der Waals surface area contributed by atoms with E-state index in [-0.39, 0.29) is 0 Å². The highest BCUT2D eigenvalue weighted by Crippen LogP contribution is 2.33. The molecular weight excluding hydrogens is 320 g/mol. The third-order valence-corrected chi connectivity index (χ3v) is 4.23. The molecule has 0 spiro atoms. The van der Waals surface area contributed by atoms with Crippen LogP contribution >= 0.6 is 0 Å². The molecule has 0 aliphatic carbocycles. The highest BCUT2D eigenvalue weighted by molar-refractivity contribution is 6.39. The summed E-state index contributed by atoms with van der Waals surface area (Å²) < 4.78 is 10.6. The SMILES string of the molecule is COc1cc2c(cc1OC)CN(C(=O)C(=O)Nc1ccccc1)CC2. The van der Waals surface area contributed by atoms with E-state index in [0.717, 1.165) is 11.1 Å². The zero-order valence-corrected chi connectivity index (χ0v) is 14.2. The molecule has 2 aromatic carbocycles. The number of amides is 2. The van der Waals surface area contributed by atoms with E-state index in [4.69, 9.17) is 9.47 Å². The zero-order valence-electron chi connectivity index (χ0n) is 14.2. The van der Waals surface area contributed by atoms with Gasteiger partial charge in [-0.05, 0) is 41.8 Å². The van der Waals surface area contributed by atoms with Crippen molar-refractivity contribution in [2.24, 2.45) is 0 Å². The summed E-state index contributed by atoms with van der Waals surface area (Å²) in [6.07, 6.45) is 0.667. The third-order valence-electron chi connectivity index (χ3n) is 4.23. The Morgan fingerprint density at radius 2 is 1.64 bits per heavy atom. The fourth-order valence-corrected chi connectivity index (χ4v) is 2.91. The second-order valence-electron chi connectivity index (χ2n) is 5.77. The molecule has 1 aliphatic rings. The molecule has 0 aromatic heterocycles. The lowest BCUT2D eigenvalue weighted by Gasteiger charge is -2.29. The van der Waals surface area contributed by atoms with Crippen LogP contribution in [0, 0.1) is 0 Å². The van der Waals surface area contributed by atoms with Gasteiger partial charge in [0.15, 0.2) is 11.5 Å². The van der Waals surface area contributed by atoms with Crippen LogP contribution in [0.15, 0.2) is 42.5 Å². The predicted molar refractivity (Wildman–Crippen MR) is 93.7 cm³/mol. The van der Waals surface area contributed by atoms with Crippen LogP contribution < -0.4 is 14.8 Å². The molecule has 130 valence electrons. The largest absolute Gasteiger partial charge is 0.493 e. The number of hydrogen-bond donors (Lipinski definition) is 1. The minimum atomic E-state index is -0.630. The number of fused-ring (bicyclic) bond motifs is 1. The second-order valence-corrected chi connectivity index (χ2v) is 5.77. The van der Waals surface area contributed by atoms with E-state index in [2.05, 4.69) is 5.32 Å². The Hall–Kier alpha value is -3.02. The van der Waals surface area contributed by atoms with Crippen LogP contribution in [0.2, 0.25) is 0 Å². The van der Waals surface area contributed by atoms with E-state index < -0.39 is 11.8 Å². The van der Waals surface area contributed by atoms with E-state index in [0.29, 0.717) is 36.7 Å². The summed E-state index contributed by atoms with van der Waals surface area (Å²) >= 11 is 0. The first-order chi connectivity index (χ1) is 12.1. The number of anilines is 1. The fourth-order valence-electron chi connectivity index (χ4n) is 2.91. The highest BCUT2D eigenvalue weighted by atomic mass is 16.5. The smallest absolute Gasteiger partial charge is 0.313 e. The number of rotatable bonds is 3. The summed E-state index contributed by atoms with van der Waals surface area (Å²) in [6, 6.07) is 12.7. The summed E-state index contributed by atoms with van der Waals surface area (Å²) in [5.74, 6) is 0.117. The Balaban J connectivity index is 1.73. The van der Waals surface area contributed by atoms with E-state index in [9.17, 15) is 9.59 Å². The molecule has 1 heterocycles. The first-order valence-corrected chi connectivity index (χ1v) is 8.01. The van der Waals surface area contributed by atoms with E-state index in [1.165, 1.54) is 0 Å². The topological polar surface area (TPSA) is 67.9 Å². The molecule has 0 unspecified atom stereocenters. The van der Waals surface area contributed by atoms with Crippen LogP contribution in [0.3, 0.4) is 0 Å². The molecule has 1 aliphatic heterocycles. The number of nitrogens with one attached hydrogen (secondary N) is 1. The van der Waals surface area contributed by atoms with Gasteiger partial charge >= 0.3 is 11.8 Å². The predicted octanol–water partition coefficient (Wildman–Crippen LogP) is 2.23. The van der Waals surface area contributed by atoms with Crippen molar-refractivity contribution < 1.29 is 19.1 Å². The van der Waals surface area contributed by atoms with Crippen molar-refractivity contribution in [1.82, 2.24) is 4.90 Å².